The van der Waals surface area contributed by atoms with Crippen LogP contribution in [0.1, 0.15) is 28.7 Å². The van der Waals surface area contributed by atoms with E-state index < -0.39 is 0 Å². The Bertz CT molecular complexity index is 725. The summed E-state index contributed by atoms with van der Waals surface area (Å²) in [6.45, 7) is 6.76. The van der Waals surface area contributed by atoms with Crippen LogP contribution in [0.3, 0.4) is 0 Å². The number of carbonyl (C=O) groups is 1. The molecule has 1 amide bonds. The van der Waals surface area contributed by atoms with Gasteiger partial charge in [-0.2, -0.15) is 0 Å². The van der Waals surface area contributed by atoms with E-state index >= 15 is 0 Å². The molecule has 0 saturated carbocycles. The maximum Gasteiger partial charge on any atom is 0.257 e. The lowest BCUT2D eigenvalue weighted by atomic mass is 10.1. The SMILES string of the molecule is COc1cccc(CCCNC(=O)COc2cc(C)cc(C)c2C)c1. The maximum atomic E-state index is 12.0. The monoisotopic (exact) mass is 341 g/mol. The number of ether oxygens (including phenoxy) is 2. The van der Waals surface area contributed by atoms with E-state index in [1.807, 2.05) is 45.0 Å². The van der Waals surface area contributed by atoms with E-state index in [2.05, 4.69) is 17.4 Å². The molecule has 2 aromatic carbocycles. The van der Waals surface area contributed by atoms with Crippen molar-refractivity contribution in [1.82, 2.24) is 5.32 Å². The first-order valence-electron chi connectivity index (χ1n) is 8.60. The second-order valence-corrected chi connectivity index (χ2v) is 6.30. The van der Waals surface area contributed by atoms with Crippen LogP contribution in [0, 0.1) is 20.8 Å². The Morgan fingerprint density at radius 1 is 1.12 bits per heavy atom. The molecule has 0 heterocycles. The standard InChI is InChI=1S/C21H27NO3/c1-15-11-16(2)17(3)20(12-15)25-14-21(23)22-10-6-8-18-7-5-9-19(13-18)24-4/h5,7,9,11-13H,6,8,10,14H2,1-4H3,(H,22,23). The van der Waals surface area contributed by atoms with Gasteiger partial charge < -0.3 is 14.8 Å². The van der Waals surface area contributed by atoms with Gasteiger partial charge in [0.15, 0.2) is 6.61 Å². The summed E-state index contributed by atoms with van der Waals surface area (Å²) < 4.78 is 10.9. The third-order valence-corrected chi connectivity index (χ3v) is 4.22. The Balaban J connectivity index is 1.72. The maximum absolute atomic E-state index is 12.0. The van der Waals surface area contributed by atoms with Gasteiger partial charge in [0.1, 0.15) is 11.5 Å². The van der Waals surface area contributed by atoms with Crippen LogP contribution in [0.4, 0.5) is 0 Å². The van der Waals surface area contributed by atoms with Crippen molar-refractivity contribution >= 4 is 5.91 Å². The van der Waals surface area contributed by atoms with Gasteiger partial charge in [0.05, 0.1) is 7.11 Å². The van der Waals surface area contributed by atoms with Crippen molar-refractivity contribution in [2.75, 3.05) is 20.3 Å². The molecule has 0 radical (unpaired) electrons. The molecule has 0 saturated heterocycles. The van der Waals surface area contributed by atoms with Crippen molar-refractivity contribution in [3.63, 3.8) is 0 Å². The van der Waals surface area contributed by atoms with Crippen molar-refractivity contribution in [3.05, 3.63) is 58.7 Å². The summed E-state index contributed by atoms with van der Waals surface area (Å²) in [6.07, 6.45) is 1.77. The van der Waals surface area contributed by atoms with E-state index in [0.717, 1.165) is 35.5 Å². The van der Waals surface area contributed by atoms with Gasteiger partial charge in [0.2, 0.25) is 0 Å². The van der Waals surface area contributed by atoms with Crippen molar-refractivity contribution in [3.8, 4) is 11.5 Å². The quantitative estimate of drug-likeness (QED) is 0.744. The molecule has 0 atom stereocenters. The summed E-state index contributed by atoms with van der Waals surface area (Å²) in [5, 5.41) is 2.91. The highest BCUT2D eigenvalue weighted by Crippen LogP contribution is 2.23. The summed E-state index contributed by atoms with van der Waals surface area (Å²) in [7, 11) is 1.66. The Kier molecular flexibility index (Phi) is 6.87. The molecule has 0 bridgehead atoms. The molecule has 1 N–H and O–H groups in total. The Labute approximate surface area is 150 Å². The number of benzene rings is 2. The zero-order valence-corrected chi connectivity index (χ0v) is 15.5. The largest absolute Gasteiger partial charge is 0.497 e. The van der Waals surface area contributed by atoms with Gasteiger partial charge >= 0.3 is 0 Å². The number of carbonyl (C=O) groups excluding carboxylic acids is 1. The minimum atomic E-state index is -0.0933. The number of nitrogens with one attached hydrogen (secondary N) is 1. The van der Waals surface area contributed by atoms with Gasteiger partial charge in [-0.3, -0.25) is 4.79 Å². The fourth-order valence-corrected chi connectivity index (χ4v) is 2.69. The first-order chi connectivity index (χ1) is 12.0. The average Bonchev–Trinajstić information content (AvgIpc) is 2.60. The van der Waals surface area contributed by atoms with Crippen molar-refractivity contribution in [2.24, 2.45) is 0 Å². The highest BCUT2D eigenvalue weighted by molar-refractivity contribution is 5.77. The summed E-state index contributed by atoms with van der Waals surface area (Å²) in [4.78, 5) is 12.0. The zero-order chi connectivity index (χ0) is 18.2. The van der Waals surface area contributed by atoms with E-state index in [-0.39, 0.29) is 12.5 Å². The molecule has 2 aromatic rings. The van der Waals surface area contributed by atoms with Crippen molar-refractivity contribution in [1.29, 1.82) is 0 Å². The van der Waals surface area contributed by atoms with E-state index in [1.165, 1.54) is 11.1 Å². The number of rotatable bonds is 8. The van der Waals surface area contributed by atoms with E-state index in [4.69, 9.17) is 9.47 Å². The van der Waals surface area contributed by atoms with Crippen molar-refractivity contribution < 1.29 is 14.3 Å². The number of aryl methyl sites for hydroxylation is 3. The number of hydrogen-bond acceptors (Lipinski definition) is 3. The molecule has 0 spiro atoms. The highest BCUT2D eigenvalue weighted by atomic mass is 16.5. The molecule has 0 aliphatic heterocycles. The van der Waals surface area contributed by atoms with Gasteiger partial charge in [-0.15, -0.1) is 0 Å². The molecular weight excluding hydrogens is 314 g/mol. The van der Waals surface area contributed by atoms with Gasteiger partial charge in [0, 0.05) is 6.54 Å². The number of amides is 1. The minimum Gasteiger partial charge on any atom is -0.497 e. The Morgan fingerprint density at radius 2 is 1.92 bits per heavy atom. The van der Waals surface area contributed by atoms with Crippen molar-refractivity contribution in [2.45, 2.75) is 33.6 Å². The van der Waals surface area contributed by atoms with Crippen LogP contribution < -0.4 is 14.8 Å². The topological polar surface area (TPSA) is 47.6 Å². The summed E-state index contributed by atoms with van der Waals surface area (Å²) in [5.41, 5.74) is 4.60. The minimum absolute atomic E-state index is 0.0445. The molecule has 0 aliphatic carbocycles. The lowest BCUT2D eigenvalue weighted by Crippen LogP contribution is -2.30. The first-order valence-corrected chi connectivity index (χ1v) is 8.60. The Hall–Kier alpha value is -2.49. The lowest BCUT2D eigenvalue weighted by molar-refractivity contribution is -0.123. The number of methoxy groups -OCH3 is 1. The molecule has 4 heteroatoms. The van der Waals surface area contributed by atoms with Gasteiger partial charge in [-0.05, 0) is 74.1 Å². The summed E-state index contributed by atoms with van der Waals surface area (Å²) in [5.74, 6) is 1.55. The Morgan fingerprint density at radius 3 is 2.68 bits per heavy atom. The predicted octanol–water partition coefficient (Wildman–Crippen LogP) is 3.75. The smallest absolute Gasteiger partial charge is 0.257 e. The van der Waals surface area contributed by atoms with E-state index in [1.54, 1.807) is 7.11 Å². The van der Waals surface area contributed by atoms with Crippen LogP contribution in [-0.4, -0.2) is 26.2 Å². The molecule has 0 fully saturated rings. The van der Waals surface area contributed by atoms with Crippen LogP contribution in [-0.2, 0) is 11.2 Å². The second kappa shape index (κ2) is 9.11. The average molecular weight is 341 g/mol. The molecule has 2 rings (SSSR count). The lowest BCUT2D eigenvalue weighted by Gasteiger charge is -2.12. The van der Waals surface area contributed by atoms with Gasteiger partial charge in [-0.25, -0.2) is 0 Å². The molecule has 0 aliphatic rings. The number of hydrogen-bond donors (Lipinski definition) is 1. The van der Waals surface area contributed by atoms with Crippen LogP contribution >= 0.6 is 0 Å². The van der Waals surface area contributed by atoms with Crippen LogP contribution in [0.5, 0.6) is 11.5 Å². The normalized spacial score (nSPS) is 10.4. The van der Waals surface area contributed by atoms with Crippen LogP contribution in [0.25, 0.3) is 0 Å². The molecule has 25 heavy (non-hydrogen) atoms. The highest BCUT2D eigenvalue weighted by Gasteiger charge is 2.07. The summed E-state index contributed by atoms with van der Waals surface area (Å²) >= 11 is 0. The summed E-state index contributed by atoms with van der Waals surface area (Å²) in [6, 6.07) is 12.1. The molecular formula is C21H27NO3. The van der Waals surface area contributed by atoms with E-state index in [0.29, 0.717) is 6.54 Å². The van der Waals surface area contributed by atoms with Crippen LogP contribution in [0.15, 0.2) is 36.4 Å². The van der Waals surface area contributed by atoms with Gasteiger partial charge in [0.25, 0.3) is 5.91 Å². The second-order valence-electron chi connectivity index (χ2n) is 6.30. The first kappa shape index (κ1) is 18.8. The third kappa shape index (κ3) is 5.82. The van der Waals surface area contributed by atoms with E-state index in [9.17, 15) is 4.79 Å². The van der Waals surface area contributed by atoms with Crippen LogP contribution in [0.2, 0.25) is 0 Å². The fourth-order valence-electron chi connectivity index (χ4n) is 2.69. The molecule has 134 valence electrons. The third-order valence-electron chi connectivity index (χ3n) is 4.22. The molecule has 0 unspecified atom stereocenters. The molecule has 4 nitrogen and oxygen atoms in total. The predicted molar refractivity (Wildman–Crippen MR) is 100 cm³/mol. The fraction of sp³-hybridized carbons (Fsp3) is 0.381. The van der Waals surface area contributed by atoms with Gasteiger partial charge in [-0.1, -0.05) is 18.2 Å². The zero-order valence-electron chi connectivity index (χ0n) is 15.5. The molecule has 0 aromatic heterocycles.